The molecule has 0 aliphatic heterocycles. The highest BCUT2D eigenvalue weighted by Crippen LogP contribution is 2.18. The molecule has 8 heteroatoms. The van der Waals surface area contributed by atoms with Gasteiger partial charge in [0.2, 0.25) is 0 Å². The molecule has 0 aliphatic rings. The molecule has 0 saturated carbocycles. The smallest absolute Gasteiger partial charge is 0.191 e. The second-order valence-electron chi connectivity index (χ2n) is 6.08. The topological polar surface area (TPSA) is 67.1 Å². The Morgan fingerprint density at radius 1 is 1.36 bits per heavy atom. The van der Waals surface area contributed by atoms with Gasteiger partial charge in [0, 0.05) is 31.2 Å². The molecule has 2 heterocycles. The Bertz CT molecular complexity index is 649. The Morgan fingerprint density at radius 2 is 2.16 bits per heavy atom. The van der Waals surface area contributed by atoms with E-state index >= 15 is 0 Å². The van der Waals surface area contributed by atoms with E-state index < -0.39 is 0 Å². The summed E-state index contributed by atoms with van der Waals surface area (Å²) in [5.41, 5.74) is 2.35. The third-order valence-electron chi connectivity index (χ3n) is 3.50. The molecule has 0 aliphatic carbocycles. The number of halogens is 1. The van der Waals surface area contributed by atoms with Crippen LogP contribution in [0.15, 0.2) is 22.8 Å². The minimum Gasteiger partial charge on any atom is -0.357 e. The summed E-state index contributed by atoms with van der Waals surface area (Å²) in [6, 6.07) is 0. The van der Waals surface area contributed by atoms with Gasteiger partial charge in [0.25, 0.3) is 0 Å². The Morgan fingerprint density at radius 3 is 2.76 bits per heavy atom. The molecule has 0 saturated heterocycles. The third kappa shape index (κ3) is 7.72. The molecule has 0 atom stereocenters. The number of guanidine groups is 1. The van der Waals surface area contributed by atoms with Crippen LogP contribution in [0.25, 0.3) is 0 Å². The zero-order valence-electron chi connectivity index (χ0n) is 15.5. The molecule has 2 N–H and O–H groups in total. The lowest BCUT2D eigenvalue weighted by Gasteiger charge is -2.11. The molecule has 0 amide bonds. The van der Waals surface area contributed by atoms with Crippen LogP contribution in [-0.2, 0) is 13.1 Å². The highest BCUT2D eigenvalue weighted by Gasteiger charge is 2.05. The van der Waals surface area contributed by atoms with Crippen molar-refractivity contribution in [3.8, 4) is 0 Å². The molecular formula is C17H29IN6S. The van der Waals surface area contributed by atoms with Gasteiger partial charge in [-0.05, 0) is 31.7 Å². The van der Waals surface area contributed by atoms with Gasteiger partial charge in [-0.1, -0.05) is 13.8 Å². The fraction of sp³-hybridized carbons (Fsp3) is 0.588. The van der Waals surface area contributed by atoms with E-state index in [1.807, 2.05) is 10.9 Å². The Hall–Kier alpha value is -1.16. The first-order valence-corrected chi connectivity index (χ1v) is 9.42. The lowest BCUT2D eigenvalue weighted by atomic mass is 10.2. The molecule has 0 unspecified atom stereocenters. The van der Waals surface area contributed by atoms with E-state index in [-0.39, 0.29) is 24.0 Å². The van der Waals surface area contributed by atoms with Crippen molar-refractivity contribution in [3.63, 3.8) is 0 Å². The van der Waals surface area contributed by atoms with Crippen molar-refractivity contribution in [2.75, 3.05) is 13.1 Å². The SMILES string of the molecule is CCNC(=NCc1nc(C(C)C)cs1)NCCCn1cc(C)cn1.I. The number of hydrogen-bond acceptors (Lipinski definition) is 4. The fourth-order valence-electron chi connectivity index (χ4n) is 2.19. The highest BCUT2D eigenvalue weighted by molar-refractivity contribution is 14.0. The van der Waals surface area contributed by atoms with Crippen LogP contribution in [0.2, 0.25) is 0 Å². The van der Waals surface area contributed by atoms with Crippen LogP contribution in [0, 0.1) is 6.92 Å². The molecule has 2 aromatic rings. The molecule has 0 aromatic carbocycles. The maximum atomic E-state index is 4.62. The summed E-state index contributed by atoms with van der Waals surface area (Å²) in [5.74, 6) is 1.31. The molecule has 0 fully saturated rings. The second-order valence-corrected chi connectivity index (χ2v) is 7.02. The number of rotatable bonds is 8. The van der Waals surface area contributed by atoms with Crippen molar-refractivity contribution in [2.45, 2.75) is 53.1 Å². The molecule has 0 bridgehead atoms. The van der Waals surface area contributed by atoms with Crippen molar-refractivity contribution in [1.29, 1.82) is 0 Å². The van der Waals surface area contributed by atoms with Gasteiger partial charge in [-0.25, -0.2) is 9.98 Å². The summed E-state index contributed by atoms with van der Waals surface area (Å²) < 4.78 is 1.98. The van der Waals surface area contributed by atoms with Gasteiger partial charge in [0.15, 0.2) is 5.96 Å². The lowest BCUT2D eigenvalue weighted by Crippen LogP contribution is -2.38. The minimum absolute atomic E-state index is 0. The minimum atomic E-state index is 0. The maximum Gasteiger partial charge on any atom is 0.191 e. The molecule has 25 heavy (non-hydrogen) atoms. The van der Waals surface area contributed by atoms with Crippen LogP contribution < -0.4 is 10.6 Å². The summed E-state index contributed by atoms with van der Waals surface area (Å²) in [7, 11) is 0. The Balaban J connectivity index is 0.00000312. The molecule has 0 spiro atoms. The van der Waals surface area contributed by atoms with Crippen LogP contribution in [0.5, 0.6) is 0 Å². The van der Waals surface area contributed by atoms with Gasteiger partial charge in [-0.15, -0.1) is 35.3 Å². The van der Waals surface area contributed by atoms with E-state index in [1.54, 1.807) is 11.3 Å². The summed E-state index contributed by atoms with van der Waals surface area (Å²) in [4.78, 5) is 9.25. The first-order valence-electron chi connectivity index (χ1n) is 8.54. The van der Waals surface area contributed by atoms with Gasteiger partial charge >= 0.3 is 0 Å². The standard InChI is InChI=1S/C17H28N6S.HI/c1-5-18-17(19-7-6-8-23-11-14(4)9-21-23)20-10-16-22-15(12-24-16)13(2)3;/h9,11-13H,5-8,10H2,1-4H3,(H2,18,19,20);1H. The van der Waals surface area contributed by atoms with Crippen LogP contribution in [0.1, 0.15) is 49.4 Å². The Labute approximate surface area is 171 Å². The molecule has 0 radical (unpaired) electrons. The number of nitrogens with one attached hydrogen (secondary N) is 2. The predicted octanol–water partition coefficient (Wildman–Crippen LogP) is 3.53. The number of aromatic nitrogens is 3. The number of aryl methyl sites for hydroxylation is 2. The summed E-state index contributed by atoms with van der Waals surface area (Å²) in [6.45, 7) is 11.7. The van der Waals surface area contributed by atoms with Gasteiger partial charge in [-0.2, -0.15) is 5.10 Å². The quantitative estimate of drug-likeness (QED) is 0.265. The molecule has 140 valence electrons. The molecule has 6 nitrogen and oxygen atoms in total. The van der Waals surface area contributed by atoms with Gasteiger partial charge in [-0.3, -0.25) is 4.68 Å². The van der Waals surface area contributed by atoms with Gasteiger partial charge in [0.1, 0.15) is 5.01 Å². The van der Waals surface area contributed by atoms with E-state index in [0.29, 0.717) is 12.5 Å². The Kier molecular flexibility index (Phi) is 10.0. The first kappa shape index (κ1) is 21.9. The lowest BCUT2D eigenvalue weighted by molar-refractivity contribution is 0.570. The number of thiazole rings is 1. The largest absolute Gasteiger partial charge is 0.357 e. The van der Waals surface area contributed by atoms with Crippen molar-refractivity contribution < 1.29 is 0 Å². The van der Waals surface area contributed by atoms with E-state index in [4.69, 9.17) is 0 Å². The molecular weight excluding hydrogens is 447 g/mol. The fourth-order valence-corrected chi connectivity index (χ4v) is 3.07. The number of aliphatic imine (C=N–C) groups is 1. The second kappa shape index (κ2) is 11.5. The van der Waals surface area contributed by atoms with E-state index in [2.05, 4.69) is 65.0 Å². The predicted molar refractivity (Wildman–Crippen MR) is 116 cm³/mol. The summed E-state index contributed by atoms with van der Waals surface area (Å²) in [5, 5.41) is 14.1. The highest BCUT2D eigenvalue weighted by atomic mass is 127. The summed E-state index contributed by atoms with van der Waals surface area (Å²) >= 11 is 1.68. The van der Waals surface area contributed by atoms with Crippen LogP contribution in [0.3, 0.4) is 0 Å². The zero-order chi connectivity index (χ0) is 17.4. The average Bonchev–Trinajstić information content (AvgIpc) is 3.18. The first-order chi connectivity index (χ1) is 11.6. The van der Waals surface area contributed by atoms with Gasteiger partial charge < -0.3 is 10.6 Å². The maximum absolute atomic E-state index is 4.62. The van der Waals surface area contributed by atoms with Crippen LogP contribution >= 0.6 is 35.3 Å². The van der Waals surface area contributed by atoms with Gasteiger partial charge in [0.05, 0.1) is 18.4 Å². The third-order valence-corrected chi connectivity index (χ3v) is 4.35. The van der Waals surface area contributed by atoms with Crippen molar-refractivity contribution in [3.05, 3.63) is 34.0 Å². The monoisotopic (exact) mass is 476 g/mol. The summed E-state index contributed by atoms with van der Waals surface area (Å²) in [6.07, 6.45) is 4.95. The van der Waals surface area contributed by atoms with E-state index in [1.165, 1.54) is 5.56 Å². The number of nitrogens with zero attached hydrogens (tertiary/aromatic N) is 4. The van der Waals surface area contributed by atoms with Crippen molar-refractivity contribution >= 4 is 41.3 Å². The van der Waals surface area contributed by atoms with Crippen molar-refractivity contribution in [2.24, 2.45) is 4.99 Å². The molecule has 2 aromatic heterocycles. The zero-order valence-corrected chi connectivity index (χ0v) is 18.6. The normalized spacial score (nSPS) is 11.5. The number of hydrogen-bond donors (Lipinski definition) is 2. The molecule has 2 rings (SSSR count). The van der Waals surface area contributed by atoms with Crippen LogP contribution in [-0.4, -0.2) is 33.8 Å². The van der Waals surface area contributed by atoms with Crippen LogP contribution in [0.4, 0.5) is 0 Å². The average molecular weight is 476 g/mol. The van der Waals surface area contributed by atoms with Crippen molar-refractivity contribution in [1.82, 2.24) is 25.4 Å². The van der Waals surface area contributed by atoms with E-state index in [0.717, 1.165) is 42.7 Å². The van der Waals surface area contributed by atoms with E-state index in [9.17, 15) is 0 Å².